The number of thiocarbonyl (C=S) groups is 1. The zero-order chi connectivity index (χ0) is 18.8. The van der Waals surface area contributed by atoms with E-state index in [4.69, 9.17) is 28.6 Å². The molecule has 0 spiro atoms. The number of methoxy groups -OCH3 is 1. The molecule has 1 aliphatic heterocycles. The maximum Gasteiger partial charge on any atom is 0.343 e. The SMILES string of the molecule is COC(=O)COc1c(C=C2SC(=S)N(C)C2=O)cc(Cl)c2ccccc12. The van der Waals surface area contributed by atoms with Crippen molar-refractivity contribution in [1.82, 2.24) is 4.90 Å². The van der Waals surface area contributed by atoms with Crippen molar-refractivity contribution in [3.05, 3.63) is 45.8 Å². The van der Waals surface area contributed by atoms with Crippen LogP contribution in [0, 0.1) is 0 Å². The van der Waals surface area contributed by atoms with Gasteiger partial charge in [0.1, 0.15) is 10.1 Å². The maximum atomic E-state index is 12.3. The number of fused-ring (bicyclic) bond motifs is 1. The van der Waals surface area contributed by atoms with E-state index in [0.29, 0.717) is 25.6 Å². The summed E-state index contributed by atoms with van der Waals surface area (Å²) in [6.45, 7) is -0.252. The molecule has 0 N–H and O–H groups in total. The van der Waals surface area contributed by atoms with Crippen molar-refractivity contribution >= 4 is 68.6 Å². The van der Waals surface area contributed by atoms with Crippen molar-refractivity contribution in [1.29, 1.82) is 0 Å². The first kappa shape index (κ1) is 18.7. The molecule has 3 rings (SSSR count). The summed E-state index contributed by atoms with van der Waals surface area (Å²) in [5.74, 6) is -0.241. The van der Waals surface area contributed by atoms with E-state index in [2.05, 4.69) is 4.74 Å². The minimum atomic E-state index is -0.505. The Morgan fingerprint density at radius 3 is 2.65 bits per heavy atom. The first-order valence-electron chi connectivity index (χ1n) is 7.54. The van der Waals surface area contributed by atoms with Gasteiger partial charge in [0.05, 0.1) is 12.0 Å². The number of nitrogens with zero attached hydrogens (tertiary/aromatic N) is 1. The highest BCUT2D eigenvalue weighted by molar-refractivity contribution is 8.26. The lowest BCUT2D eigenvalue weighted by atomic mass is 10.0. The summed E-state index contributed by atoms with van der Waals surface area (Å²) in [4.78, 5) is 25.7. The zero-order valence-electron chi connectivity index (χ0n) is 13.9. The van der Waals surface area contributed by atoms with Gasteiger partial charge in [-0.1, -0.05) is 59.8 Å². The number of hydrogen-bond acceptors (Lipinski definition) is 6. The monoisotopic (exact) mass is 407 g/mol. The summed E-state index contributed by atoms with van der Waals surface area (Å²) in [5.41, 5.74) is 0.589. The first-order valence-corrected chi connectivity index (χ1v) is 9.15. The molecule has 0 aromatic heterocycles. The van der Waals surface area contributed by atoms with E-state index in [1.807, 2.05) is 24.3 Å². The fourth-order valence-corrected chi connectivity index (χ4v) is 3.92. The predicted molar refractivity (Wildman–Crippen MR) is 107 cm³/mol. The quantitative estimate of drug-likeness (QED) is 0.435. The minimum absolute atomic E-state index is 0.191. The predicted octanol–water partition coefficient (Wildman–Crippen LogP) is 3.88. The molecule has 0 aliphatic carbocycles. The third kappa shape index (κ3) is 3.56. The highest BCUT2D eigenvalue weighted by Gasteiger charge is 2.29. The summed E-state index contributed by atoms with van der Waals surface area (Å²) in [6, 6.07) is 9.12. The molecule has 1 heterocycles. The molecular weight excluding hydrogens is 394 g/mol. The van der Waals surface area contributed by atoms with E-state index in [1.54, 1.807) is 19.2 Å². The molecule has 0 atom stereocenters. The van der Waals surface area contributed by atoms with Gasteiger partial charge in [0.15, 0.2) is 6.61 Å². The minimum Gasteiger partial charge on any atom is -0.481 e. The molecule has 1 aliphatic rings. The van der Waals surface area contributed by atoms with E-state index >= 15 is 0 Å². The van der Waals surface area contributed by atoms with Crippen molar-refractivity contribution in [2.75, 3.05) is 20.8 Å². The molecular formula is C18H14ClNO4S2. The van der Waals surface area contributed by atoms with E-state index in [0.717, 1.165) is 10.8 Å². The second-order valence-electron chi connectivity index (χ2n) is 5.43. The van der Waals surface area contributed by atoms with Crippen LogP contribution in [0.4, 0.5) is 0 Å². The van der Waals surface area contributed by atoms with Crippen LogP contribution in [0.15, 0.2) is 35.2 Å². The number of rotatable bonds is 4. The van der Waals surface area contributed by atoms with Crippen molar-refractivity contribution in [2.24, 2.45) is 0 Å². The van der Waals surface area contributed by atoms with Crippen molar-refractivity contribution in [2.45, 2.75) is 0 Å². The van der Waals surface area contributed by atoms with Crippen molar-refractivity contribution < 1.29 is 19.1 Å². The second-order valence-corrected chi connectivity index (χ2v) is 7.51. The van der Waals surface area contributed by atoms with Crippen LogP contribution in [0.1, 0.15) is 5.56 Å². The number of esters is 1. The average molecular weight is 408 g/mol. The number of amides is 1. The van der Waals surface area contributed by atoms with E-state index in [1.165, 1.54) is 23.8 Å². The second kappa shape index (κ2) is 7.65. The highest BCUT2D eigenvalue weighted by Crippen LogP contribution is 2.39. The Hall–Kier alpha value is -2.09. The van der Waals surface area contributed by atoms with E-state index in [9.17, 15) is 9.59 Å². The molecule has 2 aromatic rings. The molecule has 134 valence electrons. The summed E-state index contributed by atoms with van der Waals surface area (Å²) < 4.78 is 10.8. The van der Waals surface area contributed by atoms with Crippen LogP contribution in [0.25, 0.3) is 16.8 Å². The van der Waals surface area contributed by atoms with E-state index in [-0.39, 0.29) is 12.5 Å². The highest BCUT2D eigenvalue weighted by atomic mass is 35.5. The van der Waals surface area contributed by atoms with Gasteiger partial charge in [-0.15, -0.1) is 0 Å². The normalized spacial score (nSPS) is 15.8. The number of thioether (sulfide) groups is 1. The van der Waals surface area contributed by atoms with Crippen molar-refractivity contribution in [3.63, 3.8) is 0 Å². The Bertz CT molecular complexity index is 958. The Balaban J connectivity index is 2.13. The third-order valence-corrected chi connectivity index (χ3v) is 5.61. The standard InChI is InChI=1S/C18H14ClNO4S2/c1-20-17(22)14(26-18(20)25)8-10-7-13(19)11-5-3-4-6-12(11)16(10)24-9-15(21)23-2/h3-8H,9H2,1-2H3. The van der Waals surface area contributed by atoms with Gasteiger partial charge in [-0.2, -0.15) is 0 Å². The van der Waals surface area contributed by atoms with Crippen LogP contribution in [0.2, 0.25) is 5.02 Å². The Morgan fingerprint density at radius 1 is 1.35 bits per heavy atom. The number of hydrogen-bond donors (Lipinski definition) is 0. The molecule has 0 radical (unpaired) electrons. The molecule has 5 nitrogen and oxygen atoms in total. The number of carbonyl (C=O) groups excluding carboxylic acids is 2. The molecule has 2 aromatic carbocycles. The molecule has 0 bridgehead atoms. The van der Waals surface area contributed by atoms with Gasteiger partial charge >= 0.3 is 5.97 Å². The van der Waals surface area contributed by atoms with Gasteiger partial charge in [-0.25, -0.2) is 4.79 Å². The lowest BCUT2D eigenvalue weighted by Gasteiger charge is -2.13. The lowest BCUT2D eigenvalue weighted by molar-refractivity contribution is -0.142. The third-order valence-electron chi connectivity index (χ3n) is 3.81. The largest absolute Gasteiger partial charge is 0.481 e. The van der Waals surface area contributed by atoms with Gasteiger partial charge in [-0.3, -0.25) is 9.69 Å². The molecule has 1 amide bonds. The summed E-state index contributed by atoms with van der Waals surface area (Å²) in [6.07, 6.45) is 1.67. The molecule has 1 fully saturated rings. The van der Waals surface area contributed by atoms with Gasteiger partial charge in [0.2, 0.25) is 0 Å². The zero-order valence-corrected chi connectivity index (χ0v) is 16.3. The van der Waals surface area contributed by atoms with Crippen LogP contribution in [-0.4, -0.2) is 41.9 Å². The first-order chi connectivity index (χ1) is 12.4. The van der Waals surface area contributed by atoms with Gasteiger partial charge < -0.3 is 9.47 Å². The fraction of sp³-hybridized carbons (Fsp3) is 0.167. The Labute approximate surface area is 164 Å². The molecule has 1 saturated heterocycles. The number of ether oxygens (including phenoxy) is 2. The van der Waals surface area contributed by atoms with Crippen LogP contribution in [0.3, 0.4) is 0 Å². The van der Waals surface area contributed by atoms with Gasteiger partial charge in [0.25, 0.3) is 5.91 Å². The van der Waals surface area contributed by atoms with E-state index < -0.39 is 5.97 Å². The number of benzene rings is 2. The molecule has 0 unspecified atom stereocenters. The number of carbonyl (C=O) groups is 2. The maximum absolute atomic E-state index is 12.3. The summed E-state index contributed by atoms with van der Waals surface area (Å²) in [5, 5.41) is 2.04. The summed E-state index contributed by atoms with van der Waals surface area (Å²) >= 11 is 12.8. The van der Waals surface area contributed by atoms with Crippen LogP contribution in [-0.2, 0) is 14.3 Å². The Kier molecular flexibility index (Phi) is 5.50. The van der Waals surface area contributed by atoms with Crippen LogP contribution in [0.5, 0.6) is 5.75 Å². The summed E-state index contributed by atoms with van der Waals surface area (Å²) in [7, 11) is 2.92. The fourth-order valence-electron chi connectivity index (χ4n) is 2.47. The average Bonchev–Trinajstić information content (AvgIpc) is 2.88. The number of likely N-dealkylation sites (N-methyl/N-ethyl adjacent to an activating group) is 1. The van der Waals surface area contributed by atoms with Crippen LogP contribution >= 0.6 is 35.6 Å². The number of halogens is 1. The smallest absolute Gasteiger partial charge is 0.343 e. The topological polar surface area (TPSA) is 55.8 Å². The van der Waals surface area contributed by atoms with Crippen LogP contribution < -0.4 is 4.74 Å². The van der Waals surface area contributed by atoms with Crippen molar-refractivity contribution in [3.8, 4) is 5.75 Å². The van der Waals surface area contributed by atoms with Gasteiger partial charge in [0, 0.05) is 28.4 Å². The lowest BCUT2D eigenvalue weighted by Crippen LogP contribution is -2.22. The van der Waals surface area contributed by atoms with Gasteiger partial charge in [-0.05, 0) is 12.1 Å². The Morgan fingerprint density at radius 2 is 2.04 bits per heavy atom. The molecule has 26 heavy (non-hydrogen) atoms. The molecule has 0 saturated carbocycles. The molecule has 8 heteroatoms.